The zero-order valence-electron chi connectivity index (χ0n) is 23.1. The summed E-state index contributed by atoms with van der Waals surface area (Å²) >= 11 is 0. The van der Waals surface area contributed by atoms with Gasteiger partial charge in [0.15, 0.2) is 11.5 Å². The van der Waals surface area contributed by atoms with Crippen LogP contribution < -0.4 is 15.2 Å². The van der Waals surface area contributed by atoms with Gasteiger partial charge in [-0.2, -0.15) is 0 Å². The standard InChI is InChI=1S/C31H57NO2/c1-4-6-8-10-12-14-16-18-20-22-24-33-30-27-29(32)26-28(3)31(30)34-25-23-21-19-17-15-13-11-9-7-5-2/h26-27H,4-25,32H2,1-3H3. The van der Waals surface area contributed by atoms with Crippen LogP contribution in [0.5, 0.6) is 11.5 Å². The third-order valence-corrected chi connectivity index (χ3v) is 6.76. The number of nitrogen functional groups attached to an aromatic ring is 1. The molecule has 0 unspecified atom stereocenters. The lowest BCUT2D eigenvalue weighted by atomic mass is 10.1. The van der Waals surface area contributed by atoms with Crippen molar-refractivity contribution in [2.75, 3.05) is 18.9 Å². The molecule has 34 heavy (non-hydrogen) atoms. The number of hydrogen-bond donors (Lipinski definition) is 1. The molecule has 0 aliphatic heterocycles. The van der Waals surface area contributed by atoms with Crippen LogP contribution in [-0.4, -0.2) is 13.2 Å². The Morgan fingerprint density at radius 2 is 0.912 bits per heavy atom. The van der Waals surface area contributed by atoms with Gasteiger partial charge in [-0.15, -0.1) is 0 Å². The molecule has 0 spiro atoms. The van der Waals surface area contributed by atoms with Crippen LogP contribution in [0.1, 0.15) is 148 Å². The van der Waals surface area contributed by atoms with E-state index in [9.17, 15) is 0 Å². The highest BCUT2D eigenvalue weighted by molar-refractivity contribution is 5.56. The Morgan fingerprint density at radius 3 is 1.35 bits per heavy atom. The van der Waals surface area contributed by atoms with E-state index >= 15 is 0 Å². The first-order chi connectivity index (χ1) is 16.7. The van der Waals surface area contributed by atoms with Crippen molar-refractivity contribution in [1.29, 1.82) is 0 Å². The molecule has 1 aromatic rings. The highest BCUT2D eigenvalue weighted by atomic mass is 16.5. The summed E-state index contributed by atoms with van der Waals surface area (Å²) in [5.41, 5.74) is 7.91. The Morgan fingerprint density at radius 1 is 0.529 bits per heavy atom. The first-order valence-corrected chi connectivity index (χ1v) is 14.8. The average molecular weight is 476 g/mol. The van der Waals surface area contributed by atoms with Crippen molar-refractivity contribution >= 4 is 5.69 Å². The van der Waals surface area contributed by atoms with Crippen LogP contribution >= 0.6 is 0 Å². The normalized spacial score (nSPS) is 11.1. The van der Waals surface area contributed by atoms with Crippen LogP contribution in [0.4, 0.5) is 5.69 Å². The number of ether oxygens (including phenoxy) is 2. The molecule has 1 rings (SSSR count). The summed E-state index contributed by atoms with van der Waals surface area (Å²) in [4.78, 5) is 0. The molecule has 1 aromatic carbocycles. The predicted octanol–water partition coefficient (Wildman–Crippen LogP) is 10.2. The van der Waals surface area contributed by atoms with E-state index in [4.69, 9.17) is 15.2 Å². The summed E-state index contributed by atoms with van der Waals surface area (Å²) in [6, 6.07) is 3.92. The van der Waals surface area contributed by atoms with Crippen LogP contribution in [0, 0.1) is 6.92 Å². The van der Waals surface area contributed by atoms with Crippen LogP contribution in [0.3, 0.4) is 0 Å². The molecule has 3 heteroatoms. The molecule has 0 saturated heterocycles. The lowest BCUT2D eigenvalue weighted by Gasteiger charge is -2.16. The fraction of sp³-hybridized carbons (Fsp3) is 0.806. The lowest BCUT2D eigenvalue weighted by Crippen LogP contribution is -2.05. The van der Waals surface area contributed by atoms with Gasteiger partial charge < -0.3 is 15.2 Å². The number of rotatable bonds is 24. The van der Waals surface area contributed by atoms with Gasteiger partial charge in [-0.1, -0.05) is 129 Å². The Kier molecular flexibility index (Phi) is 19.9. The van der Waals surface area contributed by atoms with Gasteiger partial charge in [-0.25, -0.2) is 0 Å². The van der Waals surface area contributed by atoms with Crippen molar-refractivity contribution in [3.8, 4) is 11.5 Å². The SMILES string of the molecule is CCCCCCCCCCCCOc1cc(N)cc(C)c1OCCCCCCCCCCCC. The molecule has 0 aromatic heterocycles. The highest BCUT2D eigenvalue weighted by Gasteiger charge is 2.10. The van der Waals surface area contributed by atoms with Gasteiger partial charge in [0, 0.05) is 11.8 Å². The molecule has 0 radical (unpaired) electrons. The molecule has 0 heterocycles. The fourth-order valence-electron chi connectivity index (χ4n) is 4.60. The first-order valence-electron chi connectivity index (χ1n) is 14.8. The zero-order chi connectivity index (χ0) is 24.7. The predicted molar refractivity (Wildman–Crippen MR) is 150 cm³/mol. The number of benzene rings is 1. The minimum atomic E-state index is 0.744. The number of unbranched alkanes of at least 4 members (excludes halogenated alkanes) is 18. The fourth-order valence-corrected chi connectivity index (χ4v) is 4.60. The molecule has 0 fully saturated rings. The van der Waals surface area contributed by atoms with E-state index in [1.165, 1.54) is 116 Å². The van der Waals surface area contributed by atoms with Crippen molar-refractivity contribution < 1.29 is 9.47 Å². The van der Waals surface area contributed by atoms with E-state index in [2.05, 4.69) is 20.8 Å². The maximum Gasteiger partial charge on any atom is 0.164 e. The number of nitrogens with two attached hydrogens (primary N) is 1. The lowest BCUT2D eigenvalue weighted by molar-refractivity contribution is 0.257. The van der Waals surface area contributed by atoms with E-state index in [-0.39, 0.29) is 0 Å². The van der Waals surface area contributed by atoms with E-state index in [0.717, 1.165) is 48.8 Å². The number of anilines is 1. The number of hydrogen-bond acceptors (Lipinski definition) is 3. The van der Waals surface area contributed by atoms with Crippen molar-refractivity contribution in [2.45, 2.75) is 149 Å². The maximum atomic E-state index is 6.16. The van der Waals surface area contributed by atoms with Gasteiger partial charge in [-0.3, -0.25) is 0 Å². The summed E-state index contributed by atoms with van der Waals surface area (Å²) in [7, 11) is 0. The second-order valence-electron chi connectivity index (χ2n) is 10.2. The second-order valence-corrected chi connectivity index (χ2v) is 10.2. The highest BCUT2D eigenvalue weighted by Crippen LogP contribution is 2.34. The summed E-state index contributed by atoms with van der Waals surface area (Å²) in [5.74, 6) is 1.71. The molecule has 0 atom stereocenters. The Hall–Kier alpha value is -1.38. The molecule has 0 aliphatic rings. The molecule has 0 amide bonds. The molecule has 3 nitrogen and oxygen atoms in total. The van der Waals surface area contributed by atoms with Crippen LogP contribution in [0.15, 0.2) is 12.1 Å². The average Bonchev–Trinajstić information content (AvgIpc) is 2.82. The second kappa shape index (κ2) is 22.1. The largest absolute Gasteiger partial charge is 0.490 e. The van der Waals surface area contributed by atoms with Crippen LogP contribution in [0.2, 0.25) is 0 Å². The van der Waals surface area contributed by atoms with Gasteiger partial charge in [0.25, 0.3) is 0 Å². The monoisotopic (exact) mass is 475 g/mol. The first kappa shape index (κ1) is 30.7. The summed E-state index contributed by atoms with van der Waals surface area (Å²) in [6.07, 6.45) is 26.7. The van der Waals surface area contributed by atoms with Crippen LogP contribution in [0.25, 0.3) is 0 Å². The molecule has 2 N–H and O–H groups in total. The van der Waals surface area contributed by atoms with E-state index < -0.39 is 0 Å². The Labute approximate surface area is 212 Å². The van der Waals surface area contributed by atoms with E-state index in [0.29, 0.717) is 0 Å². The molecule has 0 saturated carbocycles. The van der Waals surface area contributed by atoms with Crippen LogP contribution in [-0.2, 0) is 0 Å². The molecular weight excluding hydrogens is 418 g/mol. The van der Waals surface area contributed by atoms with Crippen molar-refractivity contribution in [1.82, 2.24) is 0 Å². The van der Waals surface area contributed by atoms with Gasteiger partial charge in [-0.05, 0) is 31.4 Å². The molecule has 0 aliphatic carbocycles. The quantitative estimate of drug-likeness (QED) is 0.119. The Bertz CT molecular complexity index is 587. The zero-order valence-corrected chi connectivity index (χ0v) is 23.1. The third kappa shape index (κ3) is 16.3. The minimum Gasteiger partial charge on any atom is -0.490 e. The van der Waals surface area contributed by atoms with E-state index in [1.54, 1.807) is 0 Å². The topological polar surface area (TPSA) is 44.5 Å². The maximum absolute atomic E-state index is 6.16. The van der Waals surface area contributed by atoms with Gasteiger partial charge in [0.1, 0.15) is 0 Å². The summed E-state index contributed by atoms with van der Waals surface area (Å²) < 4.78 is 12.3. The van der Waals surface area contributed by atoms with E-state index in [1.807, 2.05) is 12.1 Å². The minimum absolute atomic E-state index is 0.744. The molecule has 0 bridgehead atoms. The van der Waals surface area contributed by atoms with Crippen molar-refractivity contribution in [3.05, 3.63) is 17.7 Å². The summed E-state index contributed by atoms with van der Waals surface area (Å²) in [5, 5.41) is 0. The third-order valence-electron chi connectivity index (χ3n) is 6.76. The molecule has 198 valence electrons. The van der Waals surface area contributed by atoms with Gasteiger partial charge in [0.2, 0.25) is 0 Å². The molecular formula is C31H57NO2. The van der Waals surface area contributed by atoms with Gasteiger partial charge >= 0.3 is 0 Å². The Balaban J connectivity index is 2.16. The summed E-state index contributed by atoms with van der Waals surface area (Å²) in [6.45, 7) is 8.13. The van der Waals surface area contributed by atoms with Gasteiger partial charge in [0.05, 0.1) is 13.2 Å². The van der Waals surface area contributed by atoms with Crippen molar-refractivity contribution in [3.63, 3.8) is 0 Å². The number of aryl methyl sites for hydroxylation is 1. The van der Waals surface area contributed by atoms with Crippen molar-refractivity contribution in [2.24, 2.45) is 0 Å². The smallest absolute Gasteiger partial charge is 0.164 e.